The van der Waals surface area contributed by atoms with Gasteiger partial charge in [-0.2, -0.15) is 0 Å². The molecule has 24 heavy (non-hydrogen) atoms. The second kappa shape index (κ2) is 14.0. The molecular formula is C23H38O. The molecule has 0 rings (SSSR count). The zero-order valence-electron chi connectivity index (χ0n) is 16.9. The number of Topliss-reactive ketones (excluding diaryl/α,β-unsaturated/α-hetero) is 1. The third-order valence-corrected chi connectivity index (χ3v) is 4.14. The van der Waals surface area contributed by atoms with Gasteiger partial charge in [0.25, 0.3) is 0 Å². The number of rotatable bonds is 12. The van der Waals surface area contributed by atoms with Crippen molar-refractivity contribution < 1.29 is 4.79 Å². The largest absolute Gasteiger partial charge is 0.300 e. The van der Waals surface area contributed by atoms with E-state index in [2.05, 4.69) is 58.9 Å². The first-order valence-electron chi connectivity index (χ1n) is 9.41. The summed E-state index contributed by atoms with van der Waals surface area (Å²) in [5.41, 5.74) is 5.80. The van der Waals surface area contributed by atoms with E-state index in [0.29, 0.717) is 6.42 Å². The van der Waals surface area contributed by atoms with Crippen molar-refractivity contribution in [2.75, 3.05) is 0 Å². The molecule has 0 aliphatic heterocycles. The summed E-state index contributed by atoms with van der Waals surface area (Å²) < 4.78 is 0. The van der Waals surface area contributed by atoms with Crippen molar-refractivity contribution in [1.29, 1.82) is 0 Å². The van der Waals surface area contributed by atoms with Gasteiger partial charge in [0.15, 0.2) is 0 Å². The lowest BCUT2D eigenvalue weighted by Gasteiger charge is -2.02. The molecule has 136 valence electrons. The topological polar surface area (TPSA) is 17.1 Å². The third-order valence-electron chi connectivity index (χ3n) is 4.14. The number of allylic oxidation sites excluding steroid dienone is 8. The van der Waals surface area contributed by atoms with Crippen LogP contribution < -0.4 is 0 Å². The standard InChI is InChI=1S/C23H38O/c1-19(2)11-7-12-20(3)13-8-14-21(4)15-9-16-22(5)17-10-18-23(6)24/h11,13,15,17H,7-10,12,14,16,18H2,1-6H3/b20-13-,21-15-,22-17+. The number of hydrogen-bond donors (Lipinski definition) is 0. The van der Waals surface area contributed by atoms with Crippen molar-refractivity contribution >= 4 is 5.78 Å². The van der Waals surface area contributed by atoms with Crippen LogP contribution in [0.5, 0.6) is 0 Å². The first-order valence-corrected chi connectivity index (χ1v) is 9.41. The highest BCUT2D eigenvalue weighted by molar-refractivity contribution is 5.75. The lowest BCUT2D eigenvalue weighted by Crippen LogP contribution is -1.87. The Kier molecular flexibility index (Phi) is 13.2. The Hall–Kier alpha value is -1.37. The zero-order valence-corrected chi connectivity index (χ0v) is 16.9. The van der Waals surface area contributed by atoms with Gasteiger partial charge >= 0.3 is 0 Å². The average molecular weight is 331 g/mol. The molecule has 0 radical (unpaired) electrons. The summed E-state index contributed by atoms with van der Waals surface area (Å²) >= 11 is 0. The van der Waals surface area contributed by atoms with Crippen LogP contribution in [0.1, 0.15) is 92.9 Å². The fourth-order valence-electron chi connectivity index (χ4n) is 2.51. The molecule has 0 aliphatic carbocycles. The Balaban J connectivity index is 3.98. The summed E-state index contributed by atoms with van der Waals surface area (Å²) in [6, 6.07) is 0. The van der Waals surface area contributed by atoms with Gasteiger partial charge in [0.05, 0.1) is 0 Å². The average Bonchev–Trinajstić information content (AvgIpc) is 2.46. The van der Waals surface area contributed by atoms with Crippen molar-refractivity contribution in [3.8, 4) is 0 Å². The Labute approximate surface area is 150 Å². The molecular weight excluding hydrogens is 292 g/mol. The Morgan fingerprint density at radius 2 is 0.875 bits per heavy atom. The molecule has 0 bridgehead atoms. The van der Waals surface area contributed by atoms with E-state index in [1.54, 1.807) is 6.92 Å². The van der Waals surface area contributed by atoms with Gasteiger partial charge in [-0.3, -0.25) is 0 Å². The summed E-state index contributed by atoms with van der Waals surface area (Å²) in [4.78, 5) is 10.9. The van der Waals surface area contributed by atoms with Crippen LogP contribution in [0.15, 0.2) is 46.6 Å². The maximum Gasteiger partial charge on any atom is 0.130 e. The molecule has 0 atom stereocenters. The SMILES string of the molecule is CC(=O)CC/C=C(\C)CC/C=C(/C)CC/C=C(/C)CCC=C(C)C. The molecule has 0 saturated heterocycles. The van der Waals surface area contributed by atoms with Gasteiger partial charge in [-0.25, -0.2) is 0 Å². The van der Waals surface area contributed by atoms with Gasteiger partial charge in [0, 0.05) is 6.42 Å². The van der Waals surface area contributed by atoms with Crippen LogP contribution in [0, 0.1) is 0 Å². The van der Waals surface area contributed by atoms with Gasteiger partial charge in [0.2, 0.25) is 0 Å². The van der Waals surface area contributed by atoms with Crippen molar-refractivity contribution in [1.82, 2.24) is 0 Å². The fraction of sp³-hybridized carbons (Fsp3) is 0.609. The van der Waals surface area contributed by atoms with Crippen molar-refractivity contribution in [2.45, 2.75) is 92.9 Å². The highest BCUT2D eigenvalue weighted by atomic mass is 16.1. The molecule has 0 aromatic heterocycles. The summed E-state index contributed by atoms with van der Waals surface area (Å²) in [7, 11) is 0. The van der Waals surface area contributed by atoms with Crippen LogP contribution in [0.25, 0.3) is 0 Å². The number of carbonyl (C=O) groups is 1. The van der Waals surface area contributed by atoms with E-state index in [9.17, 15) is 4.79 Å². The smallest absolute Gasteiger partial charge is 0.130 e. The minimum absolute atomic E-state index is 0.277. The molecule has 0 saturated carbocycles. The molecule has 0 aromatic rings. The van der Waals surface area contributed by atoms with Crippen molar-refractivity contribution in [3.05, 3.63) is 46.6 Å². The first-order chi connectivity index (χ1) is 11.3. The third kappa shape index (κ3) is 15.5. The molecule has 1 heteroatoms. The van der Waals surface area contributed by atoms with E-state index >= 15 is 0 Å². The predicted molar refractivity (Wildman–Crippen MR) is 108 cm³/mol. The Morgan fingerprint density at radius 1 is 0.542 bits per heavy atom. The van der Waals surface area contributed by atoms with Crippen LogP contribution >= 0.6 is 0 Å². The van der Waals surface area contributed by atoms with E-state index in [0.717, 1.165) is 38.5 Å². The van der Waals surface area contributed by atoms with Gasteiger partial charge < -0.3 is 4.79 Å². The van der Waals surface area contributed by atoms with Crippen LogP contribution in [0.4, 0.5) is 0 Å². The maximum atomic E-state index is 10.9. The maximum absolute atomic E-state index is 10.9. The van der Waals surface area contributed by atoms with E-state index < -0.39 is 0 Å². The fourth-order valence-corrected chi connectivity index (χ4v) is 2.51. The lowest BCUT2D eigenvalue weighted by atomic mass is 10.0. The minimum Gasteiger partial charge on any atom is -0.300 e. The predicted octanol–water partition coefficient (Wildman–Crippen LogP) is 7.50. The van der Waals surface area contributed by atoms with Gasteiger partial charge in [-0.05, 0) is 86.5 Å². The second-order valence-electron chi connectivity index (χ2n) is 7.29. The van der Waals surface area contributed by atoms with Gasteiger partial charge in [-0.1, -0.05) is 46.6 Å². The lowest BCUT2D eigenvalue weighted by molar-refractivity contribution is -0.116. The molecule has 0 amide bonds. The molecule has 0 spiro atoms. The van der Waals surface area contributed by atoms with E-state index in [4.69, 9.17) is 0 Å². The van der Waals surface area contributed by atoms with Gasteiger partial charge in [0.1, 0.15) is 5.78 Å². The van der Waals surface area contributed by atoms with E-state index in [-0.39, 0.29) is 5.78 Å². The highest BCUT2D eigenvalue weighted by Crippen LogP contribution is 2.14. The van der Waals surface area contributed by atoms with Crippen LogP contribution in [0.2, 0.25) is 0 Å². The summed E-state index contributed by atoms with van der Waals surface area (Å²) in [6.07, 6.45) is 17.7. The summed E-state index contributed by atoms with van der Waals surface area (Å²) in [5.74, 6) is 0.277. The second-order valence-corrected chi connectivity index (χ2v) is 7.29. The minimum atomic E-state index is 0.277. The van der Waals surface area contributed by atoms with Crippen LogP contribution in [-0.4, -0.2) is 5.78 Å². The monoisotopic (exact) mass is 330 g/mol. The quantitative estimate of drug-likeness (QED) is 0.338. The summed E-state index contributed by atoms with van der Waals surface area (Å²) in [6.45, 7) is 12.6. The molecule has 0 fully saturated rings. The number of carbonyl (C=O) groups excluding carboxylic acids is 1. The summed E-state index contributed by atoms with van der Waals surface area (Å²) in [5, 5.41) is 0. The molecule has 1 nitrogen and oxygen atoms in total. The zero-order chi connectivity index (χ0) is 18.4. The molecule has 0 heterocycles. The first kappa shape index (κ1) is 22.6. The van der Waals surface area contributed by atoms with Crippen molar-refractivity contribution in [3.63, 3.8) is 0 Å². The van der Waals surface area contributed by atoms with E-state index in [1.165, 1.54) is 28.7 Å². The van der Waals surface area contributed by atoms with Crippen LogP contribution in [-0.2, 0) is 4.79 Å². The normalized spacial score (nSPS) is 13.2. The van der Waals surface area contributed by atoms with Crippen LogP contribution in [0.3, 0.4) is 0 Å². The molecule has 0 unspecified atom stereocenters. The number of hydrogen-bond acceptors (Lipinski definition) is 1. The molecule has 0 N–H and O–H groups in total. The molecule has 0 aromatic carbocycles. The number of ketones is 1. The Bertz CT molecular complexity index is 482. The molecule has 0 aliphatic rings. The van der Waals surface area contributed by atoms with E-state index in [1.807, 2.05) is 0 Å². The Morgan fingerprint density at radius 3 is 1.21 bits per heavy atom. The van der Waals surface area contributed by atoms with Gasteiger partial charge in [-0.15, -0.1) is 0 Å². The van der Waals surface area contributed by atoms with Crippen molar-refractivity contribution in [2.24, 2.45) is 0 Å². The highest BCUT2D eigenvalue weighted by Gasteiger charge is 1.94.